The molecule has 1 aromatic heterocycles. The summed E-state index contributed by atoms with van der Waals surface area (Å²) in [6.45, 7) is 4.36. The SMILES string of the molecule is CC(C)N(CC(N)=O)Cc1nnc(-c2ccc(Cl)cc2Cl)o1. The molecule has 0 unspecified atom stereocenters. The number of carbonyl (C=O) groups excluding carboxylic acids is 1. The third kappa shape index (κ3) is 4.19. The highest BCUT2D eigenvalue weighted by Crippen LogP contribution is 2.29. The molecule has 0 spiro atoms. The molecule has 118 valence electrons. The van der Waals surface area contributed by atoms with Crippen molar-refractivity contribution in [2.45, 2.75) is 26.4 Å². The fraction of sp³-hybridized carbons (Fsp3) is 0.357. The number of hydrogen-bond acceptors (Lipinski definition) is 5. The number of benzene rings is 1. The number of aromatic nitrogens is 2. The van der Waals surface area contributed by atoms with Crippen molar-refractivity contribution in [3.8, 4) is 11.5 Å². The van der Waals surface area contributed by atoms with Crippen molar-refractivity contribution in [2.24, 2.45) is 5.73 Å². The summed E-state index contributed by atoms with van der Waals surface area (Å²) < 4.78 is 5.61. The van der Waals surface area contributed by atoms with E-state index in [2.05, 4.69) is 10.2 Å². The number of halogens is 2. The summed E-state index contributed by atoms with van der Waals surface area (Å²) >= 11 is 12.0. The molecule has 0 atom stereocenters. The van der Waals surface area contributed by atoms with Crippen LogP contribution in [0, 0.1) is 0 Å². The Bertz CT molecular complexity index is 673. The van der Waals surface area contributed by atoms with E-state index in [0.717, 1.165) is 0 Å². The van der Waals surface area contributed by atoms with Crippen LogP contribution >= 0.6 is 23.2 Å². The van der Waals surface area contributed by atoms with Gasteiger partial charge in [-0.05, 0) is 32.0 Å². The zero-order valence-electron chi connectivity index (χ0n) is 12.2. The molecule has 0 aliphatic carbocycles. The van der Waals surface area contributed by atoms with Crippen LogP contribution in [0.4, 0.5) is 0 Å². The first-order valence-corrected chi connectivity index (χ1v) is 7.42. The molecule has 0 aliphatic rings. The van der Waals surface area contributed by atoms with E-state index in [1.807, 2.05) is 18.7 Å². The minimum Gasteiger partial charge on any atom is -0.419 e. The maximum Gasteiger partial charge on any atom is 0.249 e. The third-order valence-electron chi connectivity index (χ3n) is 3.06. The van der Waals surface area contributed by atoms with Crippen LogP contribution in [0.25, 0.3) is 11.5 Å². The fourth-order valence-corrected chi connectivity index (χ4v) is 2.37. The van der Waals surface area contributed by atoms with Gasteiger partial charge in [0.05, 0.1) is 23.7 Å². The van der Waals surface area contributed by atoms with E-state index in [9.17, 15) is 4.79 Å². The van der Waals surface area contributed by atoms with E-state index in [1.165, 1.54) is 0 Å². The molecule has 0 bridgehead atoms. The van der Waals surface area contributed by atoms with Gasteiger partial charge in [-0.25, -0.2) is 0 Å². The van der Waals surface area contributed by atoms with Gasteiger partial charge in [-0.2, -0.15) is 0 Å². The van der Waals surface area contributed by atoms with E-state index in [4.69, 9.17) is 33.4 Å². The second-order valence-electron chi connectivity index (χ2n) is 5.09. The van der Waals surface area contributed by atoms with Crippen molar-refractivity contribution in [3.63, 3.8) is 0 Å². The molecule has 0 saturated heterocycles. The maximum absolute atomic E-state index is 11.1. The number of nitrogens with two attached hydrogens (primary N) is 1. The molecule has 0 saturated carbocycles. The van der Waals surface area contributed by atoms with Crippen LogP contribution in [0.5, 0.6) is 0 Å². The van der Waals surface area contributed by atoms with E-state index in [-0.39, 0.29) is 12.6 Å². The monoisotopic (exact) mass is 342 g/mol. The highest BCUT2D eigenvalue weighted by molar-refractivity contribution is 6.36. The van der Waals surface area contributed by atoms with Crippen LogP contribution in [0.15, 0.2) is 22.6 Å². The Morgan fingerprint density at radius 2 is 2.09 bits per heavy atom. The van der Waals surface area contributed by atoms with Gasteiger partial charge in [0.1, 0.15) is 0 Å². The number of rotatable bonds is 6. The largest absolute Gasteiger partial charge is 0.419 e. The van der Waals surface area contributed by atoms with Crippen LogP contribution in [0.2, 0.25) is 10.0 Å². The van der Waals surface area contributed by atoms with E-state index in [1.54, 1.807) is 18.2 Å². The molecule has 2 aromatic rings. The quantitative estimate of drug-likeness (QED) is 0.872. The first-order chi connectivity index (χ1) is 10.4. The minimum atomic E-state index is -0.408. The number of hydrogen-bond donors (Lipinski definition) is 1. The Balaban J connectivity index is 2.18. The molecule has 0 fully saturated rings. The van der Waals surface area contributed by atoms with Crippen LogP contribution in [0.1, 0.15) is 19.7 Å². The standard InChI is InChI=1S/C14H16Cl2N4O2/c1-8(2)20(6-12(17)21)7-13-18-19-14(22-13)10-4-3-9(15)5-11(10)16/h3-5,8H,6-7H2,1-2H3,(H2,17,21). The molecule has 1 amide bonds. The molecular weight excluding hydrogens is 327 g/mol. The lowest BCUT2D eigenvalue weighted by atomic mass is 10.2. The van der Waals surface area contributed by atoms with Gasteiger partial charge in [-0.15, -0.1) is 10.2 Å². The third-order valence-corrected chi connectivity index (χ3v) is 3.60. The Morgan fingerprint density at radius 3 is 2.68 bits per heavy atom. The molecular formula is C14H16Cl2N4O2. The van der Waals surface area contributed by atoms with E-state index >= 15 is 0 Å². The highest BCUT2D eigenvalue weighted by Gasteiger charge is 2.18. The van der Waals surface area contributed by atoms with Gasteiger partial charge in [0.2, 0.25) is 17.7 Å². The lowest BCUT2D eigenvalue weighted by Gasteiger charge is -2.22. The predicted octanol–water partition coefficient (Wildman–Crippen LogP) is 2.74. The Hall–Kier alpha value is -1.63. The normalized spacial score (nSPS) is 11.4. The smallest absolute Gasteiger partial charge is 0.249 e. The van der Waals surface area contributed by atoms with Crippen molar-refractivity contribution in [1.29, 1.82) is 0 Å². The molecule has 1 heterocycles. The van der Waals surface area contributed by atoms with Crippen molar-refractivity contribution in [1.82, 2.24) is 15.1 Å². The van der Waals surface area contributed by atoms with Crippen LogP contribution in [0.3, 0.4) is 0 Å². The molecule has 0 aliphatic heterocycles. The van der Waals surface area contributed by atoms with Crippen molar-refractivity contribution >= 4 is 29.1 Å². The number of nitrogens with zero attached hydrogens (tertiary/aromatic N) is 3. The van der Waals surface area contributed by atoms with Gasteiger partial charge >= 0.3 is 0 Å². The molecule has 8 heteroatoms. The molecule has 2 N–H and O–H groups in total. The molecule has 1 aromatic carbocycles. The summed E-state index contributed by atoms with van der Waals surface area (Å²) in [6, 6.07) is 5.13. The first-order valence-electron chi connectivity index (χ1n) is 6.67. The first kappa shape index (κ1) is 16.7. The van der Waals surface area contributed by atoms with Crippen LogP contribution in [-0.4, -0.2) is 33.6 Å². The number of carbonyl (C=O) groups is 1. The fourth-order valence-electron chi connectivity index (χ4n) is 1.88. The maximum atomic E-state index is 11.1. The van der Waals surface area contributed by atoms with Crippen LogP contribution < -0.4 is 5.73 Å². The van der Waals surface area contributed by atoms with Crippen molar-refractivity contribution < 1.29 is 9.21 Å². The summed E-state index contributed by atoms with van der Waals surface area (Å²) in [7, 11) is 0. The van der Waals surface area contributed by atoms with Crippen LogP contribution in [-0.2, 0) is 11.3 Å². The van der Waals surface area contributed by atoms with E-state index < -0.39 is 5.91 Å². The summed E-state index contributed by atoms with van der Waals surface area (Å²) in [6.07, 6.45) is 0. The van der Waals surface area contributed by atoms with Gasteiger partial charge in [0.15, 0.2) is 0 Å². The average Bonchev–Trinajstić information content (AvgIpc) is 2.85. The molecule has 6 nitrogen and oxygen atoms in total. The second kappa shape index (κ2) is 7.09. The van der Waals surface area contributed by atoms with Crippen molar-refractivity contribution in [2.75, 3.05) is 6.54 Å². The summed E-state index contributed by atoms with van der Waals surface area (Å²) in [4.78, 5) is 12.9. The topological polar surface area (TPSA) is 85.2 Å². The van der Waals surface area contributed by atoms with Gasteiger partial charge in [0, 0.05) is 11.1 Å². The lowest BCUT2D eigenvalue weighted by molar-refractivity contribution is -0.119. The predicted molar refractivity (Wildman–Crippen MR) is 84.5 cm³/mol. The van der Waals surface area contributed by atoms with Gasteiger partial charge < -0.3 is 10.2 Å². The van der Waals surface area contributed by atoms with Gasteiger partial charge in [0.25, 0.3) is 0 Å². The highest BCUT2D eigenvalue weighted by atomic mass is 35.5. The number of primary amides is 1. The average molecular weight is 343 g/mol. The summed E-state index contributed by atoms with van der Waals surface area (Å²) in [5.74, 6) is 0.282. The Morgan fingerprint density at radius 1 is 1.36 bits per heavy atom. The molecule has 2 rings (SSSR count). The minimum absolute atomic E-state index is 0.113. The number of amides is 1. The second-order valence-corrected chi connectivity index (χ2v) is 5.93. The Kier molecular flexibility index (Phi) is 5.39. The zero-order chi connectivity index (χ0) is 16.3. The lowest BCUT2D eigenvalue weighted by Crippen LogP contribution is -2.38. The van der Waals surface area contributed by atoms with Crippen molar-refractivity contribution in [3.05, 3.63) is 34.1 Å². The Labute approximate surface area is 138 Å². The molecule has 22 heavy (non-hydrogen) atoms. The molecule has 0 radical (unpaired) electrons. The van der Waals surface area contributed by atoms with E-state index in [0.29, 0.717) is 33.9 Å². The van der Waals surface area contributed by atoms with Gasteiger partial charge in [-0.1, -0.05) is 23.2 Å². The van der Waals surface area contributed by atoms with Gasteiger partial charge in [-0.3, -0.25) is 9.69 Å². The zero-order valence-corrected chi connectivity index (χ0v) is 13.7. The summed E-state index contributed by atoms with van der Waals surface area (Å²) in [5, 5.41) is 8.92. The summed E-state index contributed by atoms with van der Waals surface area (Å²) in [5.41, 5.74) is 5.85.